The highest BCUT2D eigenvalue weighted by atomic mass is 35.5. The Bertz CT molecular complexity index is 813. The minimum absolute atomic E-state index is 0.144. The van der Waals surface area contributed by atoms with Gasteiger partial charge in [-0.3, -0.25) is 9.79 Å². The first-order valence-electron chi connectivity index (χ1n) is 8.62. The summed E-state index contributed by atoms with van der Waals surface area (Å²) in [5.74, 6) is 0.329. The van der Waals surface area contributed by atoms with Gasteiger partial charge in [-0.15, -0.1) is 0 Å². The highest BCUT2D eigenvalue weighted by molar-refractivity contribution is 6.30. The van der Waals surface area contributed by atoms with Crippen LogP contribution in [0, 0.1) is 0 Å². The van der Waals surface area contributed by atoms with E-state index < -0.39 is 5.91 Å². The maximum Gasteiger partial charge on any atom is 0.248 e. The van der Waals surface area contributed by atoms with Crippen LogP contribution in [0.15, 0.2) is 53.5 Å². The van der Waals surface area contributed by atoms with Crippen molar-refractivity contribution in [3.05, 3.63) is 70.2 Å². The minimum Gasteiger partial charge on any atom is -0.366 e. The first kappa shape index (κ1) is 18.3. The Morgan fingerprint density at radius 3 is 2.50 bits per heavy atom. The van der Waals surface area contributed by atoms with Crippen molar-refractivity contribution in [3.63, 3.8) is 0 Å². The molecule has 26 heavy (non-hydrogen) atoms. The van der Waals surface area contributed by atoms with Crippen LogP contribution in [0.5, 0.6) is 0 Å². The number of nitrogens with zero attached hydrogens (tertiary/aromatic N) is 1. The fraction of sp³-hybridized carbons (Fsp3) is 0.300. The number of carbonyl (C=O) groups excluding carboxylic acids is 1. The number of halogens is 1. The lowest BCUT2D eigenvalue weighted by Gasteiger charge is -2.19. The second-order valence-corrected chi connectivity index (χ2v) is 7.07. The van der Waals surface area contributed by atoms with Crippen molar-refractivity contribution >= 4 is 23.5 Å². The van der Waals surface area contributed by atoms with Crippen molar-refractivity contribution in [1.82, 2.24) is 10.6 Å². The molecule has 1 saturated carbocycles. The van der Waals surface area contributed by atoms with Crippen LogP contribution in [-0.4, -0.2) is 25.5 Å². The normalized spacial score (nSPS) is 15.4. The first-order chi connectivity index (χ1) is 12.5. The van der Waals surface area contributed by atoms with Gasteiger partial charge in [-0.2, -0.15) is 0 Å². The Kier molecular flexibility index (Phi) is 5.47. The number of amides is 1. The lowest BCUT2D eigenvalue weighted by atomic mass is 9.96. The van der Waals surface area contributed by atoms with Gasteiger partial charge < -0.3 is 16.4 Å². The van der Waals surface area contributed by atoms with E-state index in [9.17, 15) is 4.79 Å². The third-order valence-electron chi connectivity index (χ3n) is 4.81. The topological polar surface area (TPSA) is 79.5 Å². The molecule has 0 aliphatic heterocycles. The number of benzene rings is 2. The molecule has 136 valence electrons. The lowest BCUT2D eigenvalue weighted by molar-refractivity contribution is 0.100. The fourth-order valence-corrected chi connectivity index (χ4v) is 3.17. The molecule has 0 spiro atoms. The zero-order valence-corrected chi connectivity index (χ0v) is 15.5. The molecule has 0 bridgehead atoms. The van der Waals surface area contributed by atoms with Crippen LogP contribution >= 0.6 is 11.6 Å². The van der Waals surface area contributed by atoms with E-state index >= 15 is 0 Å². The molecular formula is C20H23ClN4O. The average molecular weight is 371 g/mol. The lowest BCUT2D eigenvalue weighted by Crippen LogP contribution is -2.40. The number of carbonyl (C=O) groups is 1. The predicted molar refractivity (Wildman–Crippen MR) is 106 cm³/mol. The summed E-state index contributed by atoms with van der Waals surface area (Å²) in [5.41, 5.74) is 8.23. The van der Waals surface area contributed by atoms with Crippen LogP contribution in [0.4, 0.5) is 0 Å². The van der Waals surface area contributed by atoms with Crippen molar-refractivity contribution in [1.29, 1.82) is 0 Å². The fourth-order valence-electron chi connectivity index (χ4n) is 2.98. The summed E-state index contributed by atoms with van der Waals surface area (Å²) in [5, 5.41) is 7.48. The van der Waals surface area contributed by atoms with Gasteiger partial charge >= 0.3 is 0 Å². The summed E-state index contributed by atoms with van der Waals surface area (Å²) in [6.45, 7) is 1.43. The third kappa shape index (κ3) is 4.35. The molecule has 0 heterocycles. The number of primary amides is 1. The monoisotopic (exact) mass is 370 g/mol. The van der Waals surface area contributed by atoms with Crippen LogP contribution in [0.3, 0.4) is 0 Å². The average Bonchev–Trinajstić information content (AvgIpc) is 3.43. The molecule has 0 aromatic heterocycles. The van der Waals surface area contributed by atoms with Gasteiger partial charge in [-0.1, -0.05) is 35.9 Å². The predicted octanol–water partition coefficient (Wildman–Crippen LogP) is 2.84. The van der Waals surface area contributed by atoms with Crippen LogP contribution in [0.1, 0.15) is 34.3 Å². The summed E-state index contributed by atoms with van der Waals surface area (Å²) in [6.07, 6.45) is 2.29. The molecule has 1 aliphatic carbocycles. The highest BCUT2D eigenvalue weighted by Gasteiger charge is 2.44. The Balaban J connectivity index is 1.54. The standard InChI is InChI=1S/C20H23ClN4O/c1-23-19(24-12-14-5-7-15(8-6-14)18(22)26)25-13-20(9-10-20)16-3-2-4-17(21)11-16/h2-8,11H,9-10,12-13H2,1H3,(H2,22,26)(H2,23,24,25). The van der Waals surface area contributed by atoms with Crippen LogP contribution in [-0.2, 0) is 12.0 Å². The van der Waals surface area contributed by atoms with Gasteiger partial charge in [0, 0.05) is 36.1 Å². The van der Waals surface area contributed by atoms with Crippen LogP contribution < -0.4 is 16.4 Å². The molecule has 1 fully saturated rings. The van der Waals surface area contributed by atoms with E-state index in [0.717, 1.165) is 35.9 Å². The van der Waals surface area contributed by atoms with Crippen molar-refractivity contribution in [2.24, 2.45) is 10.7 Å². The smallest absolute Gasteiger partial charge is 0.248 e. The Hall–Kier alpha value is -2.53. The zero-order chi connectivity index (χ0) is 18.6. The molecule has 1 amide bonds. The zero-order valence-electron chi connectivity index (χ0n) is 14.8. The van der Waals surface area contributed by atoms with E-state index in [0.29, 0.717) is 12.1 Å². The number of hydrogen-bond acceptors (Lipinski definition) is 2. The molecule has 1 aliphatic rings. The molecular weight excluding hydrogens is 348 g/mol. The SMILES string of the molecule is CN=C(NCc1ccc(C(N)=O)cc1)NCC1(c2cccc(Cl)c2)CC1. The van der Waals surface area contributed by atoms with E-state index in [1.807, 2.05) is 30.3 Å². The van der Waals surface area contributed by atoms with Gasteiger partial charge in [0.25, 0.3) is 0 Å². The maximum atomic E-state index is 11.1. The molecule has 4 N–H and O–H groups in total. The third-order valence-corrected chi connectivity index (χ3v) is 5.04. The number of guanidine groups is 1. The summed E-state index contributed by atoms with van der Waals surface area (Å²) >= 11 is 6.13. The van der Waals surface area contributed by atoms with E-state index in [-0.39, 0.29) is 5.41 Å². The van der Waals surface area contributed by atoms with Gasteiger partial charge in [0.2, 0.25) is 5.91 Å². The molecule has 6 heteroatoms. The van der Waals surface area contributed by atoms with Gasteiger partial charge in [-0.05, 0) is 48.2 Å². The summed E-state index contributed by atoms with van der Waals surface area (Å²) in [7, 11) is 1.75. The Morgan fingerprint density at radius 1 is 1.19 bits per heavy atom. The summed E-state index contributed by atoms with van der Waals surface area (Å²) < 4.78 is 0. The van der Waals surface area contributed by atoms with Crippen molar-refractivity contribution in [3.8, 4) is 0 Å². The molecule has 2 aromatic carbocycles. The number of rotatable bonds is 6. The largest absolute Gasteiger partial charge is 0.366 e. The van der Waals surface area contributed by atoms with E-state index in [2.05, 4.69) is 21.7 Å². The molecule has 0 unspecified atom stereocenters. The number of nitrogens with one attached hydrogen (secondary N) is 2. The molecule has 0 atom stereocenters. The minimum atomic E-state index is -0.419. The van der Waals surface area contributed by atoms with Crippen LogP contribution in [0.2, 0.25) is 5.02 Å². The molecule has 5 nitrogen and oxygen atoms in total. The molecule has 2 aromatic rings. The molecule has 3 rings (SSSR count). The quantitative estimate of drug-likeness (QED) is 0.540. The van der Waals surface area contributed by atoms with Crippen molar-refractivity contribution in [2.75, 3.05) is 13.6 Å². The number of aliphatic imine (C=N–C) groups is 1. The Morgan fingerprint density at radius 2 is 1.92 bits per heavy atom. The summed E-state index contributed by atoms with van der Waals surface area (Å²) in [4.78, 5) is 15.4. The molecule has 0 radical (unpaired) electrons. The highest BCUT2D eigenvalue weighted by Crippen LogP contribution is 2.48. The Labute approximate surface area is 158 Å². The first-order valence-corrected chi connectivity index (χ1v) is 8.99. The second-order valence-electron chi connectivity index (χ2n) is 6.63. The van der Waals surface area contributed by atoms with E-state index in [4.69, 9.17) is 17.3 Å². The maximum absolute atomic E-state index is 11.1. The number of hydrogen-bond donors (Lipinski definition) is 3. The van der Waals surface area contributed by atoms with Gasteiger partial charge in [0.1, 0.15) is 0 Å². The van der Waals surface area contributed by atoms with E-state index in [1.54, 1.807) is 19.2 Å². The number of nitrogens with two attached hydrogens (primary N) is 1. The van der Waals surface area contributed by atoms with Crippen molar-refractivity contribution in [2.45, 2.75) is 24.8 Å². The molecule has 0 saturated heterocycles. The second kappa shape index (κ2) is 7.79. The van der Waals surface area contributed by atoms with E-state index in [1.165, 1.54) is 5.56 Å². The van der Waals surface area contributed by atoms with Gasteiger partial charge in [0.05, 0.1) is 0 Å². The van der Waals surface area contributed by atoms with Gasteiger partial charge in [-0.25, -0.2) is 0 Å². The van der Waals surface area contributed by atoms with Crippen LogP contribution in [0.25, 0.3) is 0 Å². The summed E-state index contributed by atoms with van der Waals surface area (Å²) in [6, 6.07) is 15.3. The van der Waals surface area contributed by atoms with Crippen molar-refractivity contribution < 1.29 is 4.79 Å². The van der Waals surface area contributed by atoms with Gasteiger partial charge in [0.15, 0.2) is 5.96 Å².